The van der Waals surface area contributed by atoms with E-state index in [2.05, 4.69) is 10.3 Å². The first kappa shape index (κ1) is 20.9. The molecule has 0 spiro atoms. The fourth-order valence-corrected chi connectivity index (χ4v) is 4.38. The molecule has 0 unspecified atom stereocenters. The van der Waals surface area contributed by atoms with E-state index < -0.39 is 0 Å². The molecule has 3 aromatic carbocycles. The third kappa shape index (κ3) is 4.55. The lowest BCUT2D eigenvalue weighted by atomic mass is 10.1. The van der Waals surface area contributed by atoms with Crippen LogP contribution in [0.3, 0.4) is 0 Å². The van der Waals surface area contributed by atoms with Crippen LogP contribution in [0, 0.1) is 6.92 Å². The summed E-state index contributed by atoms with van der Waals surface area (Å²) in [5.41, 5.74) is 3.52. The van der Waals surface area contributed by atoms with Gasteiger partial charge in [-0.05, 0) is 36.8 Å². The second-order valence-corrected chi connectivity index (χ2v) is 8.80. The first-order valence-electron chi connectivity index (χ1n) is 8.94. The van der Waals surface area contributed by atoms with Crippen molar-refractivity contribution in [3.63, 3.8) is 0 Å². The van der Waals surface area contributed by atoms with Gasteiger partial charge in [0.25, 0.3) is 5.91 Å². The fraction of sp³-hybridized carbons (Fsp3) is 0.0909. The molecule has 0 saturated carbocycles. The number of hydrogen-bond donors (Lipinski definition) is 1. The molecule has 1 aromatic heterocycles. The summed E-state index contributed by atoms with van der Waals surface area (Å²) in [5, 5.41) is 4.68. The molecule has 0 aliphatic rings. The zero-order valence-electron chi connectivity index (χ0n) is 15.7. The Bertz CT molecular complexity index is 1220. The van der Waals surface area contributed by atoms with Gasteiger partial charge in [0.05, 0.1) is 25.3 Å². The molecule has 0 aliphatic carbocycles. The van der Waals surface area contributed by atoms with Gasteiger partial charge < -0.3 is 10.1 Å². The summed E-state index contributed by atoms with van der Waals surface area (Å²) in [6.45, 7) is 1.71. The molecular formula is C22H15Cl3N2O2S. The van der Waals surface area contributed by atoms with Crippen LogP contribution in [-0.4, -0.2) is 17.5 Å². The van der Waals surface area contributed by atoms with Gasteiger partial charge in [-0.25, -0.2) is 4.98 Å². The molecule has 4 aromatic rings. The predicted molar refractivity (Wildman–Crippen MR) is 125 cm³/mol. The number of rotatable bonds is 5. The Labute approximate surface area is 192 Å². The minimum atomic E-state index is -0.318. The molecule has 0 radical (unpaired) electrons. The van der Waals surface area contributed by atoms with Gasteiger partial charge in [-0.2, -0.15) is 0 Å². The number of benzene rings is 3. The lowest BCUT2D eigenvalue weighted by Gasteiger charge is -2.12. The number of para-hydroxylation sites is 1. The summed E-state index contributed by atoms with van der Waals surface area (Å²) < 4.78 is 6.62. The number of aryl methyl sites for hydroxylation is 1. The molecule has 1 heterocycles. The highest BCUT2D eigenvalue weighted by Gasteiger charge is 2.12. The van der Waals surface area contributed by atoms with Gasteiger partial charge in [-0.1, -0.05) is 59.1 Å². The van der Waals surface area contributed by atoms with E-state index in [4.69, 9.17) is 39.5 Å². The van der Waals surface area contributed by atoms with Crippen LogP contribution in [0.5, 0.6) is 5.75 Å². The molecule has 1 N–H and O–H groups in total. The van der Waals surface area contributed by atoms with Crippen molar-refractivity contribution in [2.24, 2.45) is 0 Å². The van der Waals surface area contributed by atoms with E-state index in [0.29, 0.717) is 21.5 Å². The Balaban J connectivity index is 1.49. The number of ether oxygens (including phenoxy) is 1. The summed E-state index contributed by atoms with van der Waals surface area (Å²) in [7, 11) is 0. The van der Waals surface area contributed by atoms with Crippen molar-refractivity contribution in [2.75, 3.05) is 11.9 Å². The maximum atomic E-state index is 12.4. The number of halogens is 3. The van der Waals surface area contributed by atoms with Crippen LogP contribution >= 0.6 is 46.1 Å². The quantitative estimate of drug-likeness (QED) is 0.308. The average molecular weight is 478 g/mol. The van der Waals surface area contributed by atoms with Crippen molar-refractivity contribution in [3.05, 3.63) is 75.2 Å². The minimum Gasteiger partial charge on any atom is -0.482 e. The van der Waals surface area contributed by atoms with Crippen molar-refractivity contribution in [2.45, 2.75) is 6.92 Å². The van der Waals surface area contributed by atoms with Gasteiger partial charge in [0.15, 0.2) is 6.61 Å². The van der Waals surface area contributed by atoms with E-state index in [9.17, 15) is 4.79 Å². The molecule has 4 rings (SSSR count). The molecule has 0 fully saturated rings. The topological polar surface area (TPSA) is 51.2 Å². The number of carbonyl (C=O) groups is 1. The lowest BCUT2D eigenvalue weighted by molar-refractivity contribution is -0.118. The highest BCUT2D eigenvalue weighted by Crippen LogP contribution is 2.34. The SMILES string of the molecule is Cc1ccc(-c2nc3ccccc3s2)cc1NC(=O)COc1cc(Cl)c(Cl)cc1Cl. The molecule has 0 bridgehead atoms. The highest BCUT2D eigenvalue weighted by atomic mass is 35.5. The number of carbonyl (C=O) groups excluding carboxylic acids is 1. The zero-order chi connectivity index (χ0) is 21.3. The number of thiazole rings is 1. The molecule has 8 heteroatoms. The van der Waals surface area contributed by atoms with E-state index >= 15 is 0 Å². The summed E-state index contributed by atoms with van der Waals surface area (Å²) >= 11 is 19.6. The second-order valence-electron chi connectivity index (χ2n) is 6.55. The van der Waals surface area contributed by atoms with Crippen molar-refractivity contribution in [1.82, 2.24) is 4.98 Å². The molecule has 0 aliphatic heterocycles. The first-order chi connectivity index (χ1) is 14.4. The minimum absolute atomic E-state index is 0.220. The van der Waals surface area contributed by atoms with E-state index in [1.165, 1.54) is 12.1 Å². The van der Waals surface area contributed by atoms with Crippen LogP contribution in [0.15, 0.2) is 54.6 Å². The molecule has 0 saturated heterocycles. The summed E-state index contributed by atoms with van der Waals surface area (Å²) in [6.07, 6.45) is 0. The molecule has 1 amide bonds. The van der Waals surface area contributed by atoms with E-state index in [1.807, 2.05) is 49.4 Å². The Morgan fingerprint density at radius 2 is 1.80 bits per heavy atom. The number of hydrogen-bond acceptors (Lipinski definition) is 4. The monoisotopic (exact) mass is 476 g/mol. The van der Waals surface area contributed by atoms with E-state index in [0.717, 1.165) is 26.4 Å². The maximum absolute atomic E-state index is 12.4. The van der Waals surface area contributed by atoms with Gasteiger partial charge in [0, 0.05) is 17.3 Å². The van der Waals surface area contributed by atoms with Crippen LogP contribution in [0.4, 0.5) is 5.69 Å². The normalized spacial score (nSPS) is 10.9. The molecule has 30 heavy (non-hydrogen) atoms. The van der Waals surface area contributed by atoms with Crippen LogP contribution in [-0.2, 0) is 4.79 Å². The Morgan fingerprint density at radius 1 is 1.03 bits per heavy atom. The number of nitrogens with one attached hydrogen (secondary N) is 1. The summed E-state index contributed by atoms with van der Waals surface area (Å²) in [6, 6.07) is 16.8. The zero-order valence-corrected chi connectivity index (χ0v) is 18.8. The number of nitrogens with zero attached hydrogens (tertiary/aromatic N) is 1. The smallest absolute Gasteiger partial charge is 0.262 e. The molecule has 0 atom stereocenters. The van der Waals surface area contributed by atoms with Crippen LogP contribution < -0.4 is 10.1 Å². The molecule has 4 nitrogen and oxygen atoms in total. The predicted octanol–water partition coefficient (Wildman–Crippen LogP) is 7.25. The van der Waals surface area contributed by atoms with Gasteiger partial charge in [-0.15, -0.1) is 11.3 Å². The number of aromatic nitrogens is 1. The van der Waals surface area contributed by atoms with Crippen molar-refractivity contribution in [3.8, 4) is 16.3 Å². The van der Waals surface area contributed by atoms with E-state index in [1.54, 1.807) is 11.3 Å². The van der Waals surface area contributed by atoms with Crippen molar-refractivity contribution in [1.29, 1.82) is 0 Å². The van der Waals surface area contributed by atoms with Crippen LogP contribution in [0.1, 0.15) is 5.56 Å². The number of amides is 1. The van der Waals surface area contributed by atoms with Gasteiger partial charge in [0.2, 0.25) is 0 Å². The van der Waals surface area contributed by atoms with Crippen molar-refractivity contribution < 1.29 is 9.53 Å². The van der Waals surface area contributed by atoms with E-state index in [-0.39, 0.29) is 17.5 Å². The third-order valence-corrected chi connectivity index (χ3v) is 6.49. The fourth-order valence-electron chi connectivity index (χ4n) is 2.83. The van der Waals surface area contributed by atoms with Crippen LogP contribution in [0.2, 0.25) is 15.1 Å². The largest absolute Gasteiger partial charge is 0.482 e. The summed E-state index contributed by atoms with van der Waals surface area (Å²) in [5.74, 6) is -0.0251. The molecule has 152 valence electrons. The average Bonchev–Trinajstić information content (AvgIpc) is 3.15. The Hall–Kier alpha value is -2.31. The summed E-state index contributed by atoms with van der Waals surface area (Å²) in [4.78, 5) is 17.1. The van der Waals surface area contributed by atoms with Crippen LogP contribution in [0.25, 0.3) is 20.8 Å². The van der Waals surface area contributed by atoms with Crippen molar-refractivity contribution >= 4 is 68.0 Å². The molecular weight excluding hydrogens is 463 g/mol. The second kappa shape index (κ2) is 8.82. The maximum Gasteiger partial charge on any atom is 0.262 e. The van der Waals surface area contributed by atoms with Gasteiger partial charge in [-0.3, -0.25) is 4.79 Å². The number of anilines is 1. The third-order valence-electron chi connectivity index (χ3n) is 4.39. The van der Waals surface area contributed by atoms with Gasteiger partial charge >= 0.3 is 0 Å². The Morgan fingerprint density at radius 3 is 2.60 bits per heavy atom. The standard InChI is InChI=1S/C22H15Cl3N2O2S/c1-12-6-7-13(22-27-17-4-2-3-5-20(17)30-22)8-18(12)26-21(28)11-29-19-10-15(24)14(23)9-16(19)25/h2-10H,11H2,1H3,(H,26,28). The first-order valence-corrected chi connectivity index (χ1v) is 10.9. The lowest BCUT2D eigenvalue weighted by Crippen LogP contribution is -2.20. The number of fused-ring (bicyclic) bond motifs is 1. The highest BCUT2D eigenvalue weighted by molar-refractivity contribution is 7.21. The van der Waals surface area contributed by atoms with Gasteiger partial charge in [0.1, 0.15) is 10.8 Å². The Kier molecular flexibility index (Phi) is 6.16.